The van der Waals surface area contributed by atoms with Gasteiger partial charge in [0.2, 0.25) is 5.91 Å². The maximum atomic E-state index is 13.6. The van der Waals surface area contributed by atoms with Gasteiger partial charge in [-0.2, -0.15) is 5.10 Å². The highest BCUT2D eigenvalue weighted by Gasteiger charge is 2.36. The van der Waals surface area contributed by atoms with Crippen LogP contribution in [0.2, 0.25) is 0 Å². The van der Waals surface area contributed by atoms with Crippen LogP contribution in [-0.4, -0.2) is 30.7 Å². The van der Waals surface area contributed by atoms with Gasteiger partial charge in [-0.15, -0.1) is 0 Å². The fourth-order valence-electron chi connectivity index (χ4n) is 5.07. The van der Waals surface area contributed by atoms with Crippen LogP contribution in [0.4, 0.5) is 11.4 Å². The Kier molecular flexibility index (Phi) is 5.28. The molecule has 2 heterocycles. The van der Waals surface area contributed by atoms with Crippen LogP contribution in [0.3, 0.4) is 0 Å². The summed E-state index contributed by atoms with van der Waals surface area (Å²) in [5.41, 5.74) is 5.99. The number of rotatable bonds is 5. The zero-order chi connectivity index (χ0) is 23.3. The molecule has 0 unspecified atom stereocenters. The normalized spacial score (nSPS) is 15.9. The summed E-state index contributed by atoms with van der Waals surface area (Å²) >= 11 is 0. The fourth-order valence-corrected chi connectivity index (χ4v) is 6.94. The molecule has 172 valence electrons. The molecule has 1 aromatic heterocycles. The van der Waals surface area contributed by atoms with Gasteiger partial charge in [0.05, 0.1) is 17.1 Å². The predicted molar refractivity (Wildman–Crippen MR) is 128 cm³/mol. The van der Waals surface area contributed by atoms with E-state index in [-0.39, 0.29) is 10.8 Å². The maximum absolute atomic E-state index is 13.6. The number of amides is 1. The molecule has 3 aromatic rings. The molecule has 1 amide bonds. The molecule has 8 heteroatoms. The van der Waals surface area contributed by atoms with Gasteiger partial charge in [-0.3, -0.25) is 13.8 Å². The lowest BCUT2D eigenvalue weighted by Gasteiger charge is -2.20. The Hall–Kier alpha value is -3.13. The molecule has 1 atom stereocenters. The number of hydrogen-bond donors (Lipinski definition) is 1. The van der Waals surface area contributed by atoms with Crippen LogP contribution >= 0.6 is 0 Å². The Balaban J connectivity index is 1.42. The highest BCUT2D eigenvalue weighted by atomic mass is 32.2. The van der Waals surface area contributed by atoms with Crippen molar-refractivity contribution in [2.45, 2.75) is 57.4 Å². The van der Waals surface area contributed by atoms with Gasteiger partial charge in [0.15, 0.2) is 0 Å². The topological polar surface area (TPSA) is 84.3 Å². The Bertz CT molecular complexity index is 1360. The van der Waals surface area contributed by atoms with Crippen LogP contribution in [0.1, 0.15) is 47.5 Å². The van der Waals surface area contributed by atoms with E-state index in [9.17, 15) is 13.2 Å². The third-order valence-corrected chi connectivity index (χ3v) is 8.83. The zero-order valence-electron chi connectivity index (χ0n) is 19.1. The van der Waals surface area contributed by atoms with Crippen LogP contribution < -0.4 is 9.62 Å². The van der Waals surface area contributed by atoms with Crippen LogP contribution in [0.5, 0.6) is 0 Å². The molecule has 1 aliphatic heterocycles. The standard InChI is InChI=1S/C25H28N4O3S/c1-16-24(33(31,32)28-14-13-20-7-4-5-10-23(20)28)17(2)29(27-16)18(3)25(30)26-22-12-11-19-8-6-9-21(19)15-22/h4-5,7,10-12,15,18H,6,8-9,13-14H2,1-3H3,(H,26,30)/t18-/m1/s1. The molecule has 1 aliphatic carbocycles. The van der Waals surface area contributed by atoms with E-state index in [1.54, 1.807) is 20.8 Å². The van der Waals surface area contributed by atoms with E-state index in [1.807, 2.05) is 36.4 Å². The van der Waals surface area contributed by atoms with Crippen LogP contribution in [-0.2, 0) is 34.1 Å². The van der Waals surface area contributed by atoms with Crippen molar-refractivity contribution in [3.05, 3.63) is 70.5 Å². The summed E-state index contributed by atoms with van der Waals surface area (Å²) in [6.45, 7) is 5.54. The number of hydrogen-bond acceptors (Lipinski definition) is 4. The summed E-state index contributed by atoms with van der Waals surface area (Å²) in [6, 6.07) is 12.9. The molecular formula is C25H28N4O3S. The molecule has 0 saturated carbocycles. The van der Waals surface area contributed by atoms with E-state index in [1.165, 1.54) is 20.1 Å². The van der Waals surface area contributed by atoms with Crippen molar-refractivity contribution in [1.29, 1.82) is 0 Å². The van der Waals surface area contributed by atoms with Crippen molar-refractivity contribution in [2.75, 3.05) is 16.2 Å². The maximum Gasteiger partial charge on any atom is 0.268 e. The minimum absolute atomic E-state index is 0.177. The number of para-hydroxylation sites is 1. The Morgan fingerprint density at radius 3 is 2.61 bits per heavy atom. The molecule has 0 fully saturated rings. The number of fused-ring (bicyclic) bond motifs is 2. The lowest BCUT2D eigenvalue weighted by atomic mass is 10.1. The van der Waals surface area contributed by atoms with Crippen molar-refractivity contribution in [2.24, 2.45) is 0 Å². The van der Waals surface area contributed by atoms with E-state index in [0.717, 1.165) is 30.5 Å². The van der Waals surface area contributed by atoms with E-state index < -0.39 is 16.1 Å². The molecule has 0 saturated heterocycles. The number of carbonyl (C=O) groups is 1. The van der Waals surface area contributed by atoms with Crippen molar-refractivity contribution < 1.29 is 13.2 Å². The van der Waals surface area contributed by atoms with Gasteiger partial charge in [-0.25, -0.2) is 8.42 Å². The zero-order valence-corrected chi connectivity index (χ0v) is 19.9. The van der Waals surface area contributed by atoms with Gasteiger partial charge in [0.25, 0.3) is 10.0 Å². The third-order valence-electron chi connectivity index (χ3n) is 6.76. The number of aromatic nitrogens is 2. The van der Waals surface area contributed by atoms with E-state index in [2.05, 4.69) is 16.5 Å². The number of aryl methyl sites for hydroxylation is 3. The minimum atomic E-state index is -3.80. The third kappa shape index (κ3) is 3.62. The molecule has 1 N–H and O–H groups in total. The second-order valence-corrected chi connectivity index (χ2v) is 10.7. The van der Waals surface area contributed by atoms with Crippen LogP contribution in [0.25, 0.3) is 0 Å². The first-order valence-electron chi connectivity index (χ1n) is 11.4. The first kappa shape index (κ1) is 21.7. The van der Waals surface area contributed by atoms with Gasteiger partial charge in [0, 0.05) is 12.2 Å². The molecule has 7 nitrogen and oxygen atoms in total. The second-order valence-electron chi connectivity index (χ2n) is 8.90. The number of sulfonamides is 1. The Morgan fingerprint density at radius 2 is 1.79 bits per heavy atom. The summed E-state index contributed by atoms with van der Waals surface area (Å²) in [4.78, 5) is 13.2. The smallest absolute Gasteiger partial charge is 0.268 e. The van der Waals surface area contributed by atoms with Crippen molar-refractivity contribution in [3.8, 4) is 0 Å². The summed E-state index contributed by atoms with van der Waals surface area (Å²) in [5.74, 6) is -0.228. The predicted octanol–water partition coefficient (Wildman–Crippen LogP) is 3.94. The van der Waals surface area contributed by atoms with Gasteiger partial charge in [-0.1, -0.05) is 24.3 Å². The monoisotopic (exact) mass is 464 g/mol. The Morgan fingerprint density at radius 1 is 1.03 bits per heavy atom. The van der Waals surface area contributed by atoms with E-state index in [4.69, 9.17) is 0 Å². The number of nitrogens with zero attached hydrogens (tertiary/aromatic N) is 3. The van der Waals surface area contributed by atoms with Crippen molar-refractivity contribution in [3.63, 3.8) is 0 Å². The number of nitrogens with one attached hydrogen (secondary N) is 1. The average Bonchev–Trinajstić information content (AvgIpc) is 3.49. The molecule has 0 radical (unpaired) electrons. The fraction of sp³-hybridized carbons (Fsp3) is 0.360. The van der Waals surface area contributed by atoms with Gasteiger partial charge >= 0.3 is 0 Å². The number of anilines is 2. The first-order valence-corrected chi connectivity index (χ1v) is 12.8. The first-order chi connectivity index (χ1) is 15.8. The summed E-state index contributed by atoms with van der Waals surface area (Å²) < 4.78 is 30.2. The highest BCUT2D eigenvalue weighted by Crippen LogP contribution is 2.35. The van der Waals surface area contributed by atoms with Crippen molar-refractivity contribution in [1.82, 2.24) is 9.78 Å². The second kappa shape index (κ2) is 8.02. The quantitative estimate of drug-likeness (QED) is 0.620. The molecule has 33 heavy (non-hydrogen) atoms. The van der Waals surface area contributed by atoms with Crippen molar-refractivity contribution >= 4 is 27.3 Å². The minimum Gasteiger partial charge on any atom is -0.324 e. The number of benzene rings is 2. The SMILES string of the molecule is Cc1nn([C@H](C)C(=O)Nc2ccc3c(c2)CCC3)c(C)c1S(=O)(=O)N1CCc2ccccc21. The molecule has 5 rings (SSSR count). The lowest BCUT2D eigenvalue weighted by Crippen LogP contribution is -2.30. The van der Waals surface area contributed by atoms with Crippen LogP contribution in [0, 0.1) is 13.8 Å². The lowest BCUT2D eigenvalue weighted by molar-refractivity contribution is -0.119. The Labute approximate surface area is 194 Å². The summed E-state index contributed by atoms with van der Waals surface area (Å²) in [7, 11) is -3.80. The van der Waals surface area contributed by atoms with Crippen LogP contribution in [0.15, 0.2) is 47.4 Å². The van der Waals surface area contributed by atoms with Gasteiger partial charge < -0.3 is 5.32 Å². The summed E-state index contributed by atoms with van der Waals surface area (Å²) in [6.07, 6.45) is 3.95. The molecular weight excluding hydrogens is 436 g/mol. The van der Waals surface area contributed by atoms with E-state index >= 15 is 0 Å². The molecule has 2 aromatic carbocycles. The average molecular weight is 465 g/mol. The molecule has 0 spiro atoms. The van der Waals surface area contributed by atoms with Gasteiger partial charge in [0.1, 0.15) is 10.9 Å². The van der Waals surface area contributed by atoms with E-state index in [0.29, 0.717) is 30.0 Å². The number of carbonyl (C=O) groups excluding carboxylic acids is 1. The molecule has 0 bridgehead atoms. The molecule has 2 aliphatic rings. The van der Waals surface area contributed by atoms with Gasteiger partial charge in [-0.05, 0) is 81.3 Å². The highest BCUT2D eigenvalue weighted by molar-refractivity contribution is 7.93. The summed E-state index contributed by atoms with van der Waals surface area (Å²) in [5, 5.41) is 7.45. The largest absolute Gasteiger partial charge is 0.324 e.